The van der Waals surface area contributed by atoms with E-state index in [-0.39, 0.29) is 5.60 Å². The summed E-state index contributed by atoms with van der Waals surface area (Å²) < 4.78 is 6.14. The summed E-state index contributed by atoms with van der Waals surface area (Å²) in [5, 5.41) is 0.716. The summed E-state index contributed by atoms with van der Waals surface area (Å²) >= 11 is 4.19. The molecule has 0 bridgehead atoms. The Balaban J connectivity index is 1.64. The van der Waals surface area contributed by atoms with Crippen LogP contribution in [-0.2, 0) is 4.74 Å². The summed E-state index contributed by atoms with van der Waals surface area (Å²) in [6.45, 7) is 0.931. The summed E-state index contributed by atoms with van der Waals surface area (Å²) in [6, 6.07) is 0.483. The molecule has 3 rings (SSSR count). The second kappa shape index (κ2) is 6.56. The van der Waals surface area contributed by atoms with Crippen molar-refractivity contribution in [3.8, 4) is 0 Å². The minimum atomic E-state index is 0.183. The van der Waals surface area contributed by atoms with Crippen molar-refractivity contribution in [2.75, 3.05) is 23.9 Å². The van der Waals surface area contributed by atoms with E-state index < -0.39 is 0 Å². The topological polar surface area (TPSA) is 47.3 Å². The Labute approximate surface area is 125 Å². The third kappa shape index (κ3) is 3.26. The predicted octanol–water partition coefficient (Wildman–Crippen LogP) is 2.41. The van der Waals surface area contributed by atoms with Gasteiger partial charge in [-0.3, -0.25) is 11.3 Å². The standard InChI is InChI=1S/C14H26N2OS2/c15-16-13(12-3-1-2-7-19-12)11-4-6-17-14(9-11)5-8-18-10-14/h11-13,16H,1-10,15H2. The van der Waals surface area contributed by atoms with Crippen LogP contribution in [0, 0.1) is 5.92 Å². The molecule has 19 heavy (non-hydrogen) atoms. The Kier molecular flexibility index (Phi) is 5.01. The Morgan fingerprint density at radius 3 is 2.89 bits per heavy atom. The Hall–Kier alpha value is 0.580. The van der Waals surface area contributed by atoms with Gasteiger partial charge in [0, 0.05) is 23.7 Å². The number of thioether (sulfide) groups is 2. The van der Waals surface area contributed by atoms with Crippen molar-refractivity contribution in [1.82, 2.24) is 5.43 Å². The Morgan fingerprint density at radius 1 is 1.26 bits per heavy atom. The highest BCUT2D eigenvalue weighted by Gasteiger charge is 2.43. The normalized spacial score (nSPS) is 41.5. The fourth-order valence-corrected chi connectivity index (χ4v) is 6.72. The maximum atomic E-state index is 6.14. The van der Waals surface area contributed by atoms with Crippen molar-refractivity contribution in [2.24, 2.45) is 11.8 Å². The lowest BCUT2D eigenvalue weighted by Gasteiger charge is -2.43. The molecule has 1 spiro atoms. The Morgan fingerprint density at radius 2 is 2.21 bits per heavy atom. The van der Waals surface area contributed by atoms with Crippen LogP contribution in [0.2, 0.25) is 0 Å². The molecule has 3 N–H and O–H groups in total. The molecule has 3 nitrogen and oxygen atoms in total. The summed E-state index contributed by atoms with van der Waals surface area (Å²) in [4.78, 5) is 0. The molecule has 4 unspecified atom stereocenters. The van der Waals surface area contributed by atoms with Crippen LogP contribution in [0.1, 0.15) is 38.5 Å². The highest BCUT2D eigenvalue weighted by Crippen LogP contribution is 2.43. The number of hydrogen-bond donors (Lipinski definition) is 2. The zero-order valence-electron chi connectivity index (χ0n) is 11.6. The first-order valence-electron chi connectivity index (χ1n) is 7.62. The SMILES string of the molecule is NNC(C1CCOC2(CCSC2)C1)C1CCCCS1. The quantitative estimate of drug-likeness (QED) is 0.619. The van der Waals surface area contributed by atoms with E-state index in [1.165, 1.54) is 55.8 Å². The van der Waals surface area contributed by atoms with Gasteiger partial charge in [-0.1, -0.05) is 6.42 Å². The minimum Gasteiger partial charge on any atom is -0.374 e. The van der Waals surface area contributed by atoms with Crippen molar-refractivity contribution < 1.29 is 4.74 Å². The molecule has 0 aromatic heterocycles. The minimum absolute atomic E-state index is 0.183. The molecule has 0 radical (unpaired) electrons. The van der Waals surface area contributed by atoms with Crippen molar-refractivity contribution in [3.05, 3.63) is 0 Å². The number of hydrazine groups is 1. The highest BCUT2D eigenvalue weighted by atomic mass is 32.2. The van der Waals surface area contributed by atoms with E-state index in [4.69, 9.17) is 10.6 Å². The van der Waals surface area contributed by atoms with Crippen molar-refractivity contribution in [1.29, 1.82) is 0 Å². The van der Waals surface area contributed by atoms with Gasteiger partial charge in [0.25, 0.3) is 0 Å². The van der Waals surface area contributed by atoms with E-state index in [1.807, 2.05) is 0 Å². The van der Waals surface area contributed by atoms with Gasteiger partial charge in [-0.2, -0.15) is 23.5 Å². The van der Waals surface area contributed by atoms with E-state index in [2.05, 4.69) is 28.9 Å². The molecule has 3 fully saturated rings. The molecule has 5 heteroatoms. The van der Waals surface area contributed by atoms with Gasteiger partial charge in [-0.25, -0.2) is 0 Å². The Bertz CT molecular complexity index is 291. The number of rotatable bonds is 3. The molecule has 3 aliphatic rings. The molecule has 0 aromatic rings. The van der Waals surface area contributed by atoms with E-state index in [1.54, 1.807) is 0 Å². The van der Waals surface area contributed by atoms with E-state index in [0.29, 0.717) is 17.2 Å². The van der Waals surface area contributed by atoms with Crippen LogP contribution >= 0.6 is 23.5 Å². The van der Waals surface area contributed by atoms with Gasteiger partial charge >= 0.3 is 0 Å². The highest BCUT2D eigenvalue weighted by molar-refractivity contribution is 8.00. The van der Waals surface area contributed by atoms with Gasteiger partial charge < -0.3 is 4.74 Å². The zero-order valence-corrected chi connectivity index (χ0v) is 13.2. The third-order valence-electron chi connectivity index (χ3n) is 4.91. The maximum Gasteiger partial charge on any atom is 0.0783 e. The first kappa shape index (κ1) is 14.5. The van der Waals surface area contributed by atoms with Gasteiger partial charge in [0.05, 0.1) is 5.60 Å². The molecule has 0 aliphatic carbocycles. The van der Waals surface area contributed by atoms with Crippen LogP contribution in [0.3, 0.4) is 0 Å². The molecule has 4 atom stereocenters. The van der Waals surface area contributed by atoms with Gasteiger partial charge in [0.15, 0.2) is 0 Å². The fraction of sp³-hybridized carbons (Fsp3) is 1.00. The van der Waals surface area contributed by atoms with Crippen LogP contribution in [0.15, 0.2) is 0 Å². The number of ether oxygens (including phenoxy) is 1. The molecule has 0 aromatic carbocycles. The van der Waals surface area contributed by atoms with Gasteiger partial charge in [0.1, 0.15) is 0 Å². The van der Waals surface area contributed by atoms with E-state index in [0.717, 1.165) is 6.61 Å². The molecule has 110 valence electrons. The van der Waals surface area contributed by atoms with Crippen molar-refractivity contribution in [2.45, 2.75) is 55.4 Å². The summed E-state index contributed by atoms with van der Waals surface area (Å²) in [7, 11) is 0. The number of nitrogens with two attached hydrogens (primary N) is 1. The largest absolute Gasteiger partial charge is 0.374 e. The molecule has 0 saturated carbocycles. The molecule has 3 saturated heterocycles. The molecular formula is C14H26N2OS2. The molecule has 0 amide bonds. The average Bonchev–Trinajstić information content (AvgIpc) is 2.89. The van der Waals surface area contributed by atoms with Crippen LogP contribution in [0.5, 0.6) is 0 Å². The first-order chi connectivity index (χ1) is 9.33. The van der Waals surface area contributed by atoms with Gasteiger partial charge in [0.2, 0.25) is 0 Å². The van der Waals surface area contributed by atoms with Crippen molar-refractivity contribution >= 4 is 23.5 Å². The molecule has 3 aliphatic heterocycles. The third-order valence-corrected chi connectivity index (χ3v) is 7.62. The lowest BCUT2D eigenvalue weighted by molar-refractivity contribution is -0.0852. The monoisotopic (exact) mass is 302 g/mol. The zero-order chi connectivity index (χ0) is 13.1. The van der Waals surface area contributed by atoms with Crippen LogP contribution in [-0.4, -0.2) is 40.8 Å². The second-order valence-electron chi connectivity index (χ2n) is 6.18. The summed E-state index contributed by atoms with van der Waals surface area (Å²) in [5.41, 5.74) is 3.35. The predicted molar refractivity (Wildman–Crippen MR) is 84.6 cm³/mol. The van der Waals surface area contributed by atoms with E-state index in [9.17, 15) is 0 Å². The maximum absolute atomic E-state index is 6.14. The van der Waals surface area contributed by atoms with Crippen LogP contribution in [0.25, 0.3) is 0 Å². The summed E-state index contributed by atoms with van der Waals surface area (Å²) in [5.74, 6) is 10.4. The van der Waals surface area contributed by atoms with Crippen molar-refractivity contribution in [3.63, 3.8) is 0 Å². The van der Waals surface area contributed by atoms with E-state index >= 15 is 0 Å². The summed E-state index contributed by atoms with van der Waals surface area (Å²) in [6.07, 6.45) is 7.72. The lowest BCUT2D eigenvalue weighted by atomic mass is 9.79. The average molecular weight is 303 g/mol. The fourth-order valence-electron chi connectivity index (χ4n) is 3.83. The smallest absolute Gasteiger partial charge is 0.0783 e. The first-order valence-corrected chi connectivity index (χ1v) is 9.83. The van der Waals surface area contributed by atoms with Crippen LogP contribution < -0.4 is 11.3 Å². The second-order valence-corrected chi connectivity index (χ2v) is 8.64. The van der Waals surface area contributed by atoms with Gasteiger partial charge in [-0.05, 0) is 49.5 Å². The van der Waals surface area contributed by atoms with Crippen LogP contribution in [0.4, 0.5) is 0 Å². The lowest BCUT2D eigenvalue weighted by Crippen LogP contribution is -2.53. The number of hydrogen-bond acceptors (Lipinski definition) is 5. The van der Waals surface area contributed by atoms with Gasteiger partial charge in [-0.15, -0.1) is 0 Å². The molecule has 3 heterocycles. The number of nitrogens with one attached hydrogen (secondary N) is 1. The molecular weight excluding hydrogens is 276 g/mol.